The van der Waals surface area contributed by atoms with Gasteiger partial charge in [-0.05, 0) is 31.7 Å². The number of hydrogen-bond donors (Lipinski definition) is 0. The summed E-state index contributed by atoms with van der Waals surface area (Å²) in [4.78, 5) is 19.0. The van der Waals surface area contributed by atoms with Crippen LogP contribution in [-0.2, 0) is 0 Å². The second-order valence-electron chi connectivity index (χ2n) is 5.02. The van der Waals surface area contributed by atoms with Crippen LogP contribution in [0.1, 0.15) is 30.8 Å². The van der Waals surface area contributed by atoms with Crippen molar-refractivity contribution in [2.24, 2.45) is 0 Å². The highest BCUT2D eigenvalue weighted by atomic mass is 79.9. The number of carbonyl (C=O) groups is 1. The molecular weight excluding hydrogens is 316 g/mol. The van der Waals surface area contributed by atoms with Gasteiger partial charge in [-0.1, -0.05) is 40.2 Å². The monoisotopic (exact) mass is 334 g/mol. The van der Waals surface area contributed by atoms with Crippen molar-refractivity contribution in [2.45, 2.75) is 26.3 Å². The van der Waals surface area contributed by atoms with Gasteiger partial charge in [0.05, 0.1) is 0 Å². The fraction of sp³-hybridized carbons (Fsp3) is 0.375. The quantitative estimate of drug-likeness (QED) is 0.777. The van der Waals surface area contributed by atoms with Gasteiger partial charge in [-0.25, -0.2) is 0 Å². The Kier molecular flexibility index (Phi) is 5.12. The van der Waals surface area contributed by atoms with Crippen LogP contribution >= 0.6 is 15.9 Å². The van der Waals surface area contributed by atoms with Crippen molar-refractivity contribution < 1.29 is 4.79 Å². The van der Waals surface area contributed by atoms with Crippen LogP contribution in [0.25, 0.3) is 10.8 Å². The number of halogens is 1. The maximum Gasteiger partial charge on any atom is 0.273 e. The molecule has 2 rings (SSSR count). The first-order chi connectivity index (χ1) is 9.65. The highest BCUT2D eigenvalue weighted by molar-refractivity contribution is 9.09. The normalized spacial score (nSPS) is 11.0. The van der Waals surface area contributed by atoms with Crippen LogP contribution in [0, 0.1) is 0 Å². The van der Waals surface area contributed by atoms with E-state index in [0.717, 1.165) is 29.1 Å². The van der Waals surface area contributed by atoms with E-state index >= 15 is 0 Å². The van der Waals surface area contributed by atoms with Crippen LogP contribution in [-0.4, -0.2) is 33.7 Å². The summed E-state index contributed by atoms with van der Waals surface area (Å²) >= 11 is 3.42. The predicted molar refractivity (Wildman–Crippen MR) is 86.3 cm³/mol. The van der Waals surface area contributed by atoms with Gasteiger partial charge >= 0.3 is 0 Å². The van der Waals surface area contributed by atoms with Gasteiger partial charge in [0.15, 0.2) is 0 Å². The van der Waals surface area contributed by atoms with Crippen LogP contribution in [0.3, 0.4) is 0 Å². The molecule has 0 spiro atoms. The molecule has 1 aromatic carbocycles. The van der Waals surface area contributed by atoms with Gasteiger partial charge < -0.3 is 4.90 Å². The lowest BCUT2D eigenvalue weighted by Gasteiger charge is -2.26. The minimum Gasteiger partial charge on any atom is -0.335 e. The van der Waals surface area contributed by atoms with E-state index in [4.69, 9.17) is 0 Å². The third-order valence-electron chi connectivity index (χ3n) is 3.29. The third-order valence-corrected chi connectivity index (χ3v) is 3.85. The zero-order chi connectivity index (χ0) is 14.5. The van der Waals surface area contributed by atoms with E-state index in [1.165, 1.54) is 0 Å². The molecule has 1 aromatic heterocycles. The second-order valence-corrected chi connectivity index (χ2v) is 5.81. The number of benzene rings is 1. The fourth-order valence-electron chi connectivity index (χ4n) is 2.25. The number of alkyl halides is 1. The van der Waals surface area contributed by atoms with Crippen molar-refractivity contribution in [1.29, 1.82) is 0 Å². The van der Waals surface area contributed by atoms with E-state index in [1.54, 1.807) is 6.20 Å². The van der Waals surface area contributed by atoms with Crippen LogP contribution in [0.2, 0.25) is 0 Å². The lowest BCUT2D eigenvalue weighted by Crippen LogP contribution is -2.38. The molecule has 0 aliphatic heterocycles. The number of fused-ring (bicyclic) bond motifs is 1. The third kappa shape index (κ3) is 3.18. The number of carbonyl (C=O) groups excluding carboxylic acids is 1. The average Bonchev–Trinajstić information content (AvgIpc) is 2.46. The Labute approximate surface area is 128 Å². The molecule has 0 aliphatic carbocycles. The first-order valence-electron chi connectivity index (χ1n) is 6.86. The summed E-state index contributed by atoms with van der Waals surface area (Å²) in [6.07, 6.45) is 2.65. The van der Waals surface area contributed by atoms with Crippen LogP contribution < -0.4 is 0 Å². The molecule has 0 aliphatic rings. The lowest BCUT2D eigenvalue weighted by atomic mass is 10.1. The van der Waals surface area contributed by atoms with E-state index in [2.05, 4.69) is 20.9 Å². The molecular formula is C16H19BrN2O. The Morgan fingerprint density at radius 2 is 2.05 bits per heavy atom. The SMILES string of the molecule is CC(C)N(CCCBr)C(=O)c1nccc2ccccc12. The second kappa shape index (κ2) is 6.84. The van der Waals surface area contributed by atoms with Crippen molar-refractivity contribution in [3.63, 3.8) is 0 Å². The molecule has 0 N–H and O–H groups in total. The van der Waals surface area contributed by atoms with Gasteiger partial charge in [0.2, 0.25) is 0 Å². The standard InChI is InChI=1S/C16H19BrN2O/c1-12(2)19(11-5-9-17)16(20)15-14-7-4-3-6-13(14)8-10-18-15/h3-4,6-8,10,12H,5,9,11H2,1-2H3. The Balaban J connectivity index is 2.38. The van der Waals surface area contributed by atoms with Crippen LogP contribution in [0.4, 0.5) is 0 Å². The summed E-state index contributed by atoms with van der Waals surface area (Å²) in [5, 5.41) is 2.87. The van der Waals surface area contributed by atoms with Crippen LogP contribution in [0.15, 0.2) is 36.5 Å². The topological polar surface area (TPSA) is 33.2 Å². The molecule has 0 bridgehead atoms. The van der Waals surface area contributed by atoms with Crippen molar-refractivity contribution in [3.8, 4) is 0 Å². The minimum atomic E-state index is 0.0118. The van der Waals surface area contributed by atoms with E-state index < -0.39 is 0 Å². The molecule has 20 heavy (non-hydrogen) atoms. The summed E-state index contributed by atoms with van der Waals surface area (Å²) in [5.74, 6) is 0.0118. The molecule has 0 atom stereocenters. The number of hydrogen-bond acceptors (Lipinski definition) is 2. The maximum atomic E-state index is 12.8. The number of amides is 1. The van der Waals surface area contributed by atoms with Gasteiger partial charge in [0.1, 0.15) is 5.69 Å². The van der Waals surface area contributed by atoms with Gasteiger partial charge in [-0.3, -0.25) is 9.78 Å². The molecule has 3 nitrogen and oxygen atoms in total. The molecule has 2 aromatic rings. The molecule has 4 heteroatoms. The Morgan fingerprint density at radius 1 is 1.30 bits per heavy atom. The summed E-state index contributed by atoms with van der Waals surface area (Å²) in [7, 11) is 0. The van der Waals surface area contributed by atoms with Crippen molar-refractivity contribution >= 4 is 32.6 Å². The predicted octanol–water partition coefficient (Wildman–Crippen LogP) is 3.87. The summed E-state index contributed by atoms with van der Waals surface area (Å²) in [6.45, 7) is 4.82. The molecule has 0 radical (unpaired) electrons. The van der Waals surface area contributed by atoms with E-state index in [1.807, 2.05) is 49.1 Å². The zero-order valence-corrected chi connectivity index (χ0v) is 13.4. The van der Waals surface area contributed by atoms with E-state index in [0.29, 0.717) is 5.69 Å². The Bertz CT molecular complexity index is 593. The van der Waals surface area contributed by atoms with E-state index in [9.17, 15) is 4.79 Å². The molecule has 106 valence electrons. The average molecular weight is 335 g/mol. The summed E-state index contributed by atoms with van der Waals surface area (Å²) in [6, 6.07) is 9.98. The zero-order valence-electron chi connectivity index (χ0n) is 11.8. The Morgan fingerprint density at radius 3 is 2.75 bits per heavy atom. The Hall–Kier alpha value is -1.42. The number of rotatable bonds is 5. The largest absolute Gasteiger partial charge is 0.335 e. The summed E-state index contributed by atoms with van der Waals surface area (Å²) < 4.78 is 0. The maximum absolute atomic E-state index is 12.8. The fourth-order valence-corrected chi connectivity index (χ4v) is 2.50. The summed E-state index contributed by atoms with van der Waals surface area (Å²) in [5.41, 5.74) is 0.548. The van der Waals surface area contributed by atoms with Crippen molar-refractivity contribution in [2.75, 3.05) is 11.9 Å². The highest BCUT2D eigenvalue weighted by Crippen LogP contribution is 2.19. The van der Waals surface area contributed by atoms with Crippen molar-refractivity contribution in [3.05, 3.63) is 42.2 Å². The molecule has 0 fully saturated rings. The number of nitrogens with zero attached hydrogens (tertiary/aromatic N) is 2. The first kappa shape index (κ1) is 15.0. The van der Waals surface area contributed by atoms with Gasteiger partial charge in [0, 0.05) is 29.5 Å². The molecule has 1 heterocycles. The number of aromatic nitrogens is 1. The minimum absolute atomic E-state index is 0.0118. The van der Waals surface area contributed by atoms with Crippen molar-refractivity contribution in [1.82, 2.24) is 9.88 Å². The van der Waals surface area contributed by atoms with E-state index in [-0.39, 0.29) is 11.9 Å². The highest BCUT2D eigenvalue weighted by Gasteiger charge is 2.21. The molecule has 0 saturated carbocycles. The first-order valence-corrected chi connectivity index (χ1v) is 7.98. The molecule has 1 amide bonds. The van der Waals surface area contributed by atoms with Crippen LogP contribution in [0.5, 0.6) is 0 Å². The smallest absolute Gasteiger partial charge is 0.273 e. The van der Waals surface area contributed by atoms with Gasteiger partial charge in [-0.15, -0.1) is 0 Å². The van der Waals surface area contributed by atoms with Gasteiger partial charge in [-0.2, -0.15) is 0 Å². The lowest BCUT2D eigenvalue weighted by molar-refractivity contribution is 0.0703. The van der Waals surface area contributed by atoms with Gasteiger partial charge in [0.25, 0.3) is 5.91 Å². The number of pyridine rings is 1. The molecule has 0 unspecified atom stereocenters. The molecule has 0 saturated heterocycles.